The lowest BCUT2D eigenvalue weighted by molar-refractivity contribution is 1.33. The van der Waals surface area contributed by atoms with E-state index < -0.39 is 0 Å². The van der Waals surface area contributed by atoms with Crippen molar-refractivity contribution in [3.8, 4) is 11.4 Å². The number of aromatic amines is 1. The van der Waals surface area contributed by atoms with Crippen LogP contribution in [0.25, 0.3) is 22.4 Å². The minimum absolute atomic E-state index is 0.712. The number of nitrogens with one attached hydrogen (secondary N) is 1. The fraction of sp³-hybridized carbons (Fsp3) is 0.0714. The number of fused-ring (bicyclic) bond motifs is 1. The van der Waals surface area contributed by atoms with Gasteiger partial charge in [0.25, 0.3) is 0 Å². The molecular weight excluding hydrogens is 290 g/mol. The topological polar surface area (TPSA) is 54.7 Å². The van der Waals surface area contributed by atoms with Crippen molar-refractivity contribution < 1.29 is 0 Å². The van der Waals surface area contributed by atoms with Crippen LogP contribution in [0.4, 0.5) is 5.69 Å². The van der Waals surface area contributed by atoms with E-state index in [0.29, 0.717) is 5.69 Å². The van der Waals surface area contributed by atoms with Gasteiger partial charge in [0, 0.05) is 15.7 Å². The molecular formula is C14H12BrN3. The quantitative estimate of drug-likeness (QED) is 0.670. The van der Waals surface area contributed by atoms with Crippen molar-refractivity contribution in [2.45, 2.75) is 6.92 Å². The van der Waals surface area contributed by atoms with E-state index in [0.717, 1.165) is 26.9 Å². The maximum absolute atomic E-state index is 5.89. The molecule has 0 fully saturated rings. The zero-order valence-corrected chi connectivity index (χ0v) is 11.5. The summed E-state index contributed by atoms with van der Waals surface area (Å²) in [4.78, 5) is 7.89. The van der Waals surface area contributed by atoms with Gasteiger partial charge in [0.05, 0.1) is 11.0 Å². The van der Waals surface area contributed by atoms with Crippen LogP contribution in [0.5, 0.6) is 0 Å². The molecule has 0 saturated heterocycles. The first-order chi connectivity index (χ1) is 8.63. The Balaban J connectivity index is 2.16. The van der Waals surface area contributed by atoms with E-state index in [1.807, 2.05) is 24.3 Å². The van der Waals surface area contributed by atoms with E-state index >= 15 is 0 Å². The molecule has 90 valence electrons. The highest BCUT2D eigenvalue weighted by Crippen LogP contribution is 2.27. The van der Waals surface area contributed by atoms with Gasteiger partial charge in [-0.05, 0) is 58.7 Å². The Hall–Kier alpha value is -1.81. The molecule has 0 amide bonds. The fourth-order valence-corrected chi connectivity index (χ4v) is 2.20. The summed E-state index contributed by atoms with van der Waals surface area (Å²) >= 11 is 3.39. The van der Waals surface area contributed by atoms with Crippen molar-refractivity contribution in [2.24, 2.45) is 0 Å². The molecule has 1 aromatic heterocycles. The van der Waals surface area contributed by atoms with Crippen molar-refractivity contribution in [1.29, 1.82) is 0 Å². The van der Waals surface area contributed by atoms with Gasteiger partial charge < -0.3 is 10.7 Å². The molecule has 0 aliphatic heterocycles. The Kier molecular flexibility index (Phi) is 2.59. The summed E-state index contributed by atoms with van der Waals surface area (Å²) in [5.74, 6) is 0.842. The average Bonchev–Trinajstić information content (AvgIpc) is 2.75. The monoisotopic (exact) mass is 301 g/mol. The van der Waals surface area contributed by atoms with Gasteiger partial charge in [0.15, 0.2) is 0 Å². The molecule has 0 spiro atoms. The fourth-order valence-electron chi connectivity index (χ4n) is 1.95. The van der Waals surface area contributed by atoms with Crippen molar-refractivity contribution in [2.75, 3.05) is 5.73 Å². The minimum Gasteiger partial charge on any atom is -0.398 e. The lowest BCUT2D eigenvalue weighted by Crippen LogP contribution is -1.88. The number of hydrogen-bond donors (Lipinski definition) is 2. The number of nitrogens with zero attached hydrogens (tertiary/aromatic N) is 1. The predicted molar refractivity (Wildman–Crippen MR) is 78.4 cm³/mol. The third kappa shape index (κ3) is 1.88. The molecule has 3 N–H and O–H groups in total. The molecule has 0 aliphatic rings. The molecule has 0 aliphatic carbocycles. The summed E-state index contributed by atoms with van der Waals surface area (Å²) in [5, 5.41) is 0. The number of rotatable bonds is 1. The molecule has 2 aromatic carbocycles. The number of nitrogen functional groups attached to an aromatic ring is 1. The van der Waals surface area contributed by atoms with Crippen LogP contribution < -0.4 is 5.73 Å². The molecule has 3 nitrogen and oxygen atoms in total. The van der Waals surface area contributed by atoms with Gasteiger partial charge in [-0.2, -0.15) is 0 Å². The molecule has 0 saturated carbocycles. The lowest BCUT2D eigenvalue weighted by Gasteiger charge is -2.00. The number of aryl methyl sites for hydroxylation is 1. The van der Waals surface area contributed by atoms with Gasteiger partial charge in [-0.15, -0.1) is 0 Å². The van der Waals surface area contributed by atoms with E-state index in [1.54, 1.807) is 0 Å². The molecule has 0 unspecified atom stereocenters. The average molecular weight is 302 g/mol. The number of H-pyrrole nitrogens is 1. The number of halogens is 1. The van der Waals surface area contributed by atoms with Crippen LogP contribution in [-0.4, -0.2) is 9.97 Å². The Bertz CT molecular complexity index is 731. The van der Waals surface area contributed by atoms with Crippen LogP contribution in [0.15, 0.2) is 40.9 Å². The molecule has 1 heterocycles. The summed E-state index contributed by atoms with van der Waals surface area (Å²) in [6, 6.07) is 12.0. The van der Waals surface area contributed by atoms with Crippen LogP contribution in [0.2, 0.25) is 0 Å². The van der Waals surface area contributed by atoms with Gasteiger partial charge in [-0.3, -0.25) is 0 Å². The summed E-state index contributed by atoms with van der Waals surface area (Å²) in [7, 11) is 0. The molecule has 4 heteroatoms. The third-order valence-corrected chi connectivity index (χ3v) is 3.63. The van der Waals surface area contributed by atoms with Gasteiger partial charge in [-0.1, -0.05) is 6.07 Å². The lowest BCUT2D eigenvalue weighted by atomic mass is 10.2. The molecule has 0 bridgehead atoms. The zero-order valence-electron chi connectivity index (χ0n) is 9.87. The van der Waals surface area contributed by atoms with Crippen molar-refractivity contribution >= 4 is 32.7 Å². The number of benzene rings is 2. The van der Waals surface area contributed by atoms with Crippen LogP contribution >= 0.6 is 15.9 Å². The first-order valence-corrected chi connectivity index (χ1v) is 6.44. The number of nitrogens with two attached hydrogens (primary N) is 1. The highest BCUT2D eigenvalue weighted by molar-refractivity contribution is 9.10. The van der Waals surface area contributed by atoms with E-state index in [2.05, 4.69) is 45.0 Å². The largest absolute Gasteiger partial charge is 0.398 e. The summed E-state index contributed by atoms with van der Waals surface area (Å²) < 4.78 is 0.901. The smallest absolute Gasteiger partial charge is 0.138 e. The maximum atomic E-state index is 5.89. The Morgan fingerprint density at radius 2 is 2.00 bits per heavy atom. The molecule has 3 aromatic rings. The second-order valence-corrected chi connectivity index (χ2v) is 5.20. The SMILES string of the molecule is Cc1ccc2nc(-c3ccc(Br)c(N)c3)[nH]c2c1. The van der Waals surface area contributed by atoms with Crippen molar-refractivity contribution in [3.05, 3.63) is 46.4 Å². The Labute approximate surface area is 113 Å². The normalized spacial score (nSPS) is 11.0. The first kappa shape index (κ1) is 11.3. The number of hydrogen-bond acceptors (Lipinski definition) is 2. The molecule has 3 rings (SSSR count). The number of imidazole rings is 1. The van der Waals surface area contributed by atoms with E-state index in [1.165, 1.54) is 5.56 Å². The predicted octanol–water partition coefficient (Wildman–Crippen LogP) is 3.88. The third-order valence-electron chi connectivity index (χ3n) is 2.91. The molecule has 0 radical (unpaired) electrons. The minimum atomic E-state index is 0.712. The highest BCUT2D eigenvalue weighted by atomic mass is 79.9. The highest BCUT2D eigenvalue weighted by Gasteiger charge is 2.06. The van der Waals surface area contributed by atoms with Crippen LogP contribution in [-0.2, 0) is 0 Å². The van der Waals surface area contributed by atoms with Gasteiger partial charge >= 0.3 is 0 Å². The van der Waals surface area contributed by atoms with Gasteiger partial charge in [-0.25, -0.2) is 4.98 Å². The first-order valence-electron chi connectivity index (χ1n) is 5.65. The zero-order chi connectivity index (χ0) is 12.7. The van der Waals surface area contributed by atoms with Gasteiger partial charge in [0.2, 0.25) is 0 Å². The number of anilines is 1. The van der Waals surface area contributed by atoms with Gasteiger partial charge in [0.1, 0.15) is 5.82 Å². The number of aromatic nitrogens is 2. The van der Waals surface area contributed by atoms with E-state index in [-0.39, 0.29) is 0 Å². The second kappa shape index (κ2) is 4.14. The van der Waals surface area contributed by atoms with E-state index in [4.69, 9.17) is 5.73 Å². The van der Waals surface area contributed by atoms with Crippen LogP contribution in [0.3, 0.4) is 0 Å². The summed E-state index contributed by atoms with van der Waals surface area (Å²) in [6.07, 6.45) is 0. The Morgan fingerprint density at radius 1 is 1.17 bits per heavy atom. The summed E-state index contributed by atoms with van der Waals surface area (Å²) in [5.41, 5.74) is 10.8. The molecule has 0 atom stereocenters. The standard InChI is InChI=1S/C14H12BrN3/c1-8-2-5-12-13(6-8)18-14(17-12)9-3-4-10(15)11(16)7-9/h2-7H,16H2,1H3,(H,17,18). The van der Waals surface area contributed by atoms with Crippen LogP contribution in [0, 0.1) is 6.92 Å². The second-order valence-electron chi connectivity index (χ2n) is 4.34. The summed E-state index contributed by atoms with van der Waals surface area (Å²) in [6.45, 7) is 2.07. The van der Waals surface area contributed by atoms with Crippen molar-refractivity contribution in [3.63, 3.8) is 0 Å². The van der Waals surface area contributed by atoms with Crippen molar-refractivity contribution in [1.82, 2.24) is 9.97 Å². The van der Waals surface area contributed by atoms with E-state index in [9.17, 15) is 0 Å². The maximum Gasteiger partial charge on any atom is 0.138 e. The van der Waals surface area contributed by atoms with Crippen LogP contribution in [0.1, 0.15) is 5.56 Å². The molecule has 18 heavy (non-hydrogen) atoms. The Morgan fingerprint density at radius 3 is 2.78 bits per heavy atom.